The number of carbonyl (C=O) groups excluding carboxylic acids is 1. The van der Waals surface area contributed by atoms with Crippen molar-refractivity contribution in [3.8, 4) is 0 Å². The Hall–Kier alpha value is -1.10. The molecule has 202 valence electrons. The van der Waals surface area contributed by atoms with E-state index in [9.17, 15) is 4.79 Å². The number of alkyl halides is 1. The molecule has 0 spiro atoms. The van der Waals surface area contributed by atoms with E-state index in [4.69, 9.17) is 21.1 Å². The Bertz CT molecular complexity index is 735. The molecule has 0 radical (unpaired) electrons. The van der Waals surface area contributed by atoms with Crippen molar-refractivity contribution in [1.82, 2.24) is 5.32 Å². The number of carbonyl (C=O) groups is 1. The number of benzene rings is 1. The van der Waals surface area contributed by atoms with Gasteiger partial charge in [-0.15, -0.1) is 11.6 Å². The zero-order valence-corrected chi connectivity index (χ0v) is 23.0. The summed E-state index contributed by atoms with van der Waals surface area (Å²) < 4.78 is 11.3. The van der Waals surface area contributed by atoms with Gasteiger partial charge < -0.3 is 14.8 Å². The lowest BCUT2D eigenvalue weighted by atomic mass is 9.48. The van der Waals surface area contributed by atoms with Crippen LogP contribution in [0.5, 0.6) is 0 Å². The van der Waals surface area contributed by atoms with Crippen molar-refractivity contribution in [1.29, 1.82) is 0 Å². The van der Waals surface area contributed by atoms with Crippen LogP contribution in [0, 0.1) is 29.1 Å². The molecule has 4 aliphatic carbocycles. The third-order valence-corrected chi connectivity index (χ3v) is 9.24. The molecule has 1 aromatic carbocycles. The molecule has 1 aromatic rings. The molecule has 4 aliphatic rings. The van der Waals surface area contributed by atoms with Crippen molar-refractivity contribution < 1.29 is 14.3 Å². The summed E-state index contributed by atoms with van der Waals surface area (Å²) in [6.07, 6.45) is 16.3. The monoisotopic (exact) mass is 517 g/mol. The van der Waals surface area contributed by atoms with Gasteiger partial charge in [-0.25, -0.2) is 0 Å². The molecule has 1 N–H and O–H groups in total. The van der Waals surface area contributed by atoms with Crippen LogP contribution in [0.2, 0.25) is 0 Å². The first-order valence-corrected chi connectivity index (χ1v) is 15.2. The van der Waals surface area contributed by atoms with Crippen LogP contribution in [0.4, 0.5) is 0 Å². The second-order valence-corrected chi connectivity index (χ2v) is 12.3. The summed E-state index contributed by atoms with van der Waals surface area (Å²) in [7, 11) is 0. The molecule has 5 rings (SSSR count). The lowest BCUT2D eigenvalue weighted by Crippen LogP contribution is -2.46. The summed E-state index contributed by atoms with van der Waals surface area (Å²) >= 11 is 5.70. The first-order chi connectivity index (χ1) is 17.7. The van der Waals surface area contributed by atoms with Crippen LogP contribution in [0.25, 0.3) is 0 Å². The standard InChI is InChI=1S/C31H48ClNO3/c32-12-6-1-2-7-14-35-16-17-36-15-13-33-30(34)29(21-25-8-4-3-5-9-25)10-11-31-22-26-18-27(23-31)20-28(19-26)24-31/h3-5,8-9,26-29H,1-2,6-7,10-24H2,(H,33,34)/t26?,27?,28?,29-,31?/m0/s1. The van der Waals surface area contributed by atoms with E-state index in [2.05, 4.69) is 35.6 Å². The summed E-state index contributed by atoms with van der Waals surface area (Å²) in [5, 5.41) is 3.18. The quantitative estimate of drug-likeness (QED) is 0.172. The second kappa shape index (κ2) is 14.7. The third kappa shape index (κ3) is 8.74. The highest BCUT2D eigenvalue weighted by atomic mass is 35.5. The van der Waals surface area contributed by atoms with Gasteiger partial charge in [0.05, 0.1) is 19.8 Å². The van der Waals surface area contributed by atoms with Crippen LogP contribution in [0.1, 0.15) is 82.6 Å². The molecule has 4 fully saturated rings. The number of unbranched alkanes of at least 4 members (excludes halogenated alkanes) is 3. The van der Waals surface area contributed by atoms with Gasteiger partial charge in [0.2, 0.25) is 5.91 Å². The maximum Gasteiger partial charge on any atom is 0.223 e. The van der Waals surface area contributed by atoms with Gasteiger partial charge in [0, 0.05) is 24.9 Å². The smallest absolute Gasteiger partial charge is 0.223 e. The molecule has 0 aromatic heterocycles. The average Bonchev–Trinajstić information content (AvgIpc) is 2.87. The minimum atomic E-state index is 0.0440. The zero-order valence-electron chi connectivity index (χ0n) is 22.2. The summed E-state index contributed by atoms with van der Waals surface area (Å²) in [5.74, 6) is 3.89. The molecular weight excluding hydrogens is 470 g/mol. The molecule has 4 nitrogen and oxygen atoms in total. The minimum absolute atomic E-state index is 0.0440. The Kier molecular flexibility index (Phi) is 11.4. The molecule has 0 unspecified atom stereocenters. The van der Waals surface area contributed by atoms with E-state index in [0.717, 1.165) is 55.9 Å². The maximum absolute atomic E-state index is 13.2. The van der Waals surface area contributed by atoms with Gasteiger partial charge in [0.25, 0.3) is 0 Å². The molecule has 0 heterocycles. The van der Waals surface area contributed by atoms with Gasteiger partial charge in [0.15, 0.2) is 0 Å². The van der Waals surface area contributed by atoms with E-state index < -0.39 is 0 Å². The normalized spacial score (nSPS) is 27.3. The van der Waals surface area contributed by atoms with Crippen LogP contribution < -0.4 is 5.32 Å². The highest BCUT2D eigenvalue weighted by molar-refractivity contribution is 6.17. The molecule has 5 heteroatoms. The van der Waals surface area contributed by atoms with E-state index in [1.807, 2.05) is 0 Å². The first-order valence-electron chi connectivity index (χ1n) is 14.7. The number of hydrogen-bond donors (Lipinski definition) is 1. The summed E-state index contributed by atoms with van der Waals surface area (Å²) in [6.45, 7) is 3.09. The molecule has 1 amide bonds. The topological polar surface area (TPSA) is 47.6 Å². The van der Waals surface area contributed by atoms with Gasteiger partial charge >= 0.3 is 0 Å². The van der Waals surface area contributed by atoms with E-state index in [-0.39, 0.29) is 11.8 Å². The van der Waals surface area contributed by atoms with E-state index in [1.165, 1.54) is 63.4 Å². The number of hydrogen-bond acceptors (Lipinski definition) is 3. The lowest BCUT2D eigenvalue weighted by molar-refractivity contribution is -0.126. The highest BCUT2D eigenvalue weighted by Gasteiger charge is 2.50. The first kappa shape index (κ1) is 27.9. The third-order valence-electron chi connectivity index (χ3n) is 8.97. The number of amides is 1. The van der Waals surface area contributed by atoms with E-state index in [0.29, 0.717) is 31.8 Å². The Morgan fingerprint density at radius 1 is 0.889 bits per heavy atom. The van der Waals surface area contributed by atoms with Crippen molar-refractivity contribution in [2.45, 2.75) is 83.5 Å². The SMILES string of the molecule is O=C(NCCOCCOCCCCCCCl)[C@@H](CCC12CC3CC(CC(C3)C1)C2)Cc1ccccc1. The second-order valence-electron chi connectivity index (χ2n) is 12.0. The Labute approximate surface area is 224 Å². The fourth-order valence-electron chi connectivity index (χ4n) is 7.67. The van der Waals surface area contributed by atoms with Gasteiger partial charge in [-0.2, -0.15) is 0 Å². The number of halogens is 1. The minimum Gasteiger partial charge on any atom is -0.379 e. The Balaban J connectivity index is 1.16. The molecular formula is C31H48ClNO3. The van der Waals surface area contributed by atoms with Crippen LogP contribution >= 0.6 is 11.6 Å². The van der Waals surface area contributed by atoms with Crippen LogP contribution in [0.15, 0.2) is 30.3 Å². The highest BCUT2D eigenvalue weighted by Crippen LogP contribution is 2.61. The van der Waals surface area contributed by atoms with E-state index >= 15 is 0 Å². The summed E-state index contributed by atoms with van der Waals surface area (Å²) in [4.78, 5) is 13.2. The zero-order chi connectivity index (χ0) is 25.1. The van der Waals surface area contributed by atoms with Crippen molar-refractivity contribution in [2.75, 3.05) is 38.9 Å². The van der Waals surface area contributed by atoms with Gasteiger partial charge in [-0.1, -0.05) is 43.2 Å². The van der Waals surface area contributed by atoms with Crippen molar-refractivity contribution in [3.63, 3.8) is 0 Å². The van der Waals surface area contributed by atoms with E-state index in [1.54, 1.807) is 0 Å². The Morgan fingerprint density at radius 3 is 2.19 bits per heavy atom. The Morgan fingerprint density at radius 2 is 1.53 bits per heavy atom. The molecule has 1 atom stereocenters. The largest absolute Gasteiger partial charge is 0.379 e. The van der Waals surface area contributed by atoms with Gasteiger partial charge in [0.1, 0.15) is 0 Å². The fourth-order valence-corrected chi connectivity index (χ4v) is 7.85. The predicted octanol–water partition coefficient (Wildman–Crippen LogP) is 6.79. The number of ether oxygens (including phenoxy) is 2. The van der Waals surface area contributed by atoms with Crippen molar-refractivity contribution in [3.05, 3.63) is 35.9 Å². The molecule has 4 saturated carbocycles. The van der Waals surface area contributed by atoms with Crippen LogP contribution in [-0.2, 0) is 20.7 Å². The molecule has 0 saturated heterocycles. The van der Waals surface area contributed by atoms with Crippen LogP contribution in [0.3, 0.4) is 0 Å². The maximum atomic E-state index is 13.2. The molecule has 0 aliphatic heterocycles. The van der Waals surface area contributed by atoms with Crippen LogP contribution in [-0.4, -0.2) is 44.8 Å². The molecule has 4 bridgehead atoms. The van der Waals surface area contributed by atoms with Gasteiger partial charge in [-0.3, -0.25) is 4.79 Å². The fraction of sp³-hybridized carbons (Fsp3) is 0.774. The number of nitrogens with one attached hydrogen (secondary N) is 1. The van der Waals surface area contributed by atoms with Crippen molar-refractivity contribution >= 4 is 17.5 Å². The van der Waals surface area contributed by atoms with Crippen molar-refractivity contribution in [2.24, 2.45) is 29.1 Å². The summed E-state index contributed by atoms with van der Waals surface area (Å²) in [6, 6.07) is 10.5. The van der Waals surface area contributed by atoms with Gasteiger partial charge in [-0.05, 0) is 99.4 Å². The summed E-state index contributed by atoms with van der Waals surface area (Å²) in [5.41, 5.74) is 1.79. The number of rotatable bonds is 18. The average molecular weight is 518 g/mol. The predicted molar refractivity (Wildman–Crippen MR) is 147 cm³/mol. The molecule has 36 heavy (non-hydrogen) atoms. The lowest BCUT2D eigenvalue weighted by Gasteiger charge is -2.57.